The number of nitrogens with zero attached hydrogens (tertiary/aromatic N) is 1. The molecular formula is C13H13ClF4N2O2. The average molecular weight is 341 g/mol. The van der Waals surface area contributed by atoms with Crippen LogP contribution in [0.1, 0.15) is 22.3 Å². The molecule has 0 aliphatic carbocycles. The molecule has 0 radical (unpaired) electrons. The summed E-state index contributed by atoms with van der Waals surface area (Å²) in [6, 6.07) is 1.73. The van der Waals surface area contributed by atoms with Crippen molar-refractivity contribution in [3.63, 3.8) is 0 Å². The summed E-state index contributed by atoms with van der Waals surface area (Å²) in [6.07, 6.45) is -5.06. The number of esters is 1. The minimum atomic E-state index is -4.71. The third-order valence-corrected chi connectivity index (χ3v) is 4.18. The molecule has 0 spiro atoms. The second-order valence-corrected chi connectivity index (χ2v) is 5.23. The van der Waals surface area contributed by atoms with E-state index in [0.717, 1.165) is 24.3 Å². The fourth-order valence-corrected chi connectivity index (χ4v) is 2.95. The van der Waals surface area contributed by atoms with Gasteiger partial charge in [-0.1, -0.05) is 17.7 Å². The molecule has 1 heterocycles. The largest absolute Gasteiger partial charge is 0.465 e. The first kappa shape index (κ1) is 17.0. The Balaban J connectivity index is 2.79. The van der Waals surface area contributed by atoms with E-state index >= 15 is 0 Å². The van der Waals surface area contributed by atoms with E-state index in [1.807, 2.05) is 0 Å². The minimum absolute atomic E-state index is 0.0472. The van der Waals surface area contributed by atoms with Crippen LogP contribution in [0.3, 0.4) is 0 Å². The SMILES string of the molecule is COC(=O)c1c(C2(C(F)(F)F)CCNN2C)ccc(F)c1Cl. The summed E-state index contributed by atoms with van der Waals surface area (Å²) in [6.45, 7) is 0.0472. The van der Waals surface area contributed by atoms with Crippen LogP contribution in [0.25, 0.3) is 0 Å². The summed E-state index contributed by atoms with van der Waals surface area (Å²) >= 11 is 5.73. The van der Waals surface area contributed by atoms with Crippen molar-refractivity contribution in [1.82, 2.24) is 10.4 Å². The van der Waals surface area contributed by atoms with Crippen molar-refractivity contribution in [3.05, 3.63) is 34.1 Å². The number of carbonyl (C=O) groups is 1. The van der Waals surface area contributed by atoms with E-state index in [0.29, 0.717) is 0 Å². The third kappa shape index (κ3) is 2.35. The molecule has 1 N–H and O–H groups in total. The number of rotatable bonds is 2. The zero-order valence-corrected chi connectivity index (χ0v) is 12.5. The molecule has 1 saturated heterocycles. The van der Waals surface area contributed by atoms with Gasteiger partial charge < -0.3 is 4.74 Å². The van der Waals surface area contributed by atoms with Gasteiger partial charge in [0.2, 0.25) is 0 Å². The summed E-state index contributed by atoms with van der Waals surface area (Å²) in [5, 5.41) is 0.177. The Morgan fingerprint density at radius 1 is 1.45 bits per heavy atom. The summed E-state index contributed by atoms with van der Waals surface area (Å²) in [4.78, 5) is 11.9. The van der Waals surface area contributed by atoms with Gasteiger partial charge in [-0.3, -0.25) is 5.43 Å². The van der Waals surface area contributed by atoms with E-state index < -0.39 is 39.7 Å². The molecule has 2 rings (SSSR count). The van der Waals surface area contributed by atoms with Crippen LogP contribution in [0.5, 0.6) is 0 Å². The molecule has 122 valence electrons. The number of methoxy groups -OCH3 is 1. The summed E-state index contributed by atoms with van der Waals surface area (Å²) in [5.41, 5.74) is -0.987. The number of hydrogen-bond donors (Lipinski definition) is 1. The summed E-state index contributed by atoms with van der Waals surface area (Å²) in [7, 11) is 2.20. The van der Waals surface area contributed by atoms with Crippen molar-refractivity contribution in [2.75, 3.05) is 20.7 Å². The number of hydrogen-bond acceptors (Lipinski definition) is 4. The molecule has 1 aliphatic rings. The van der Waals surface area contributed by atoms with Gasteiger partial charge >= 0.3 is 12.1 Å². The Labute approximate surface area is 129 Å². The number of benzene rings is 1. The minimum Gasteiger partial charge on any atom is -0.465 e. The Hall–Kier alpha value is -1.38. The molecular weight excluding hydrogens is 328 g/mol. The topological polar surface area (TPSA) is 41.6 Å². The molecule has 4 nitrogen and oxygen atoms in total. The number of ether oxygens (including phenoxy) is 1. The van der Waals surface area contributed by atoms with Crippen LogP contribution < -0.4 is 5.43 Å². The monoisotopic (exact) mass is 340 g/mol. The second-order valence-electron chi connectivity index (χ2n) is 4.85. The van der Waals surface area contributed by atoms with Crippen LogP contribution in [0.4, 0.5) is 17.6 Å². The van der Waals surface area contributed by atoms with Crippen LogP contribution in [0, 0.1) is 5.82 Å². The average Bonchev–Trinajstić information content (AvgIpc) is 2.83. The van der Waals surface area contributed by atoms with Gasteiger partial charge in [0.15, 0.2) is 5.54 Å². The van der Waals surface area contributed by atoms with Gasteiger partial charge in [-0.15, -0.1) is 0 Å². The Morgan fingerprint density at radius 2 is 2.09 bits per heavy atom. The highest BCUT2D eigenvalue weighted by molar-refractivity contribution is 6.34. The summed E-state index contributed by atoms with van der Waals surface area (Å²) in [5.74, 6) is -2.11. The number of carbonyl (C=O) groups excluding carboxylic acids is 1. The number of alkyl halides is 3. The van der Waals surface area contributed by atoms with Crippen LogP contribution in [0.15, 0.2) is 12.1 Å². The Bertz CT molecular complexity index is 608. The van der Waals surface area contributed by atoms with Crippen molar-refractivity contribution in [3.8, 4) is 0 Å². The zero-order valence-electron chi connectivity index (χ0n) is 11.7. The molecule has 0 bridgehead atoms. The van der Waals surface area contributed by atoms with Gasteiger partial charge in [-0.25, -0.2) is 14.2 Å². The first-order valence-corrected chi connectivity index (χ1v) is 6.65. The second kappa shape index (κ2) is 5.68. The zero-order chi connectivity index (χ0) is 16.7. The highest BCUT2D eigenvalue weighted by atomic mass is 35.5. The third-order valence-electron chi connectivity index (χ3n) is 3.81. The van der Waals surface area contributed by atoms with E-state index in [9.17, 15) is 22.4 Å². The van der Waals surface area contributed by atoms with Crippen LogP contribution in [-0.4, -0.2) is 37.9 Å². The maximum absolute atomic E-state index is 13.8. The normalized spacial score (nSPS) is 22.9. The molecule has 0 saturated carbocycles. The molecule has 0 aromatic heterocycles. The van der Waals surface area contributed by atoms with E-state index in [1.54, 1.807) is 0 Å². The standard InChI is InChI=1S/C13H13ClF4N2O2/c1-20-12(5-6-19-20,13(16,17)18)7-3-4-8(15)10(14)9(7)11(21)22-2/h3-4,19H,5-6H2,1-2H3. The number of hydrazine groups is 1. The first-order chi connectivity index (χ1) is 10.2. The lowest BCUT2D eigenvalue weighted by molar-refractivity contribution is -0.230. The van der Waals surface area contributed by atoms with Gasteiger partial charge in [0, 0.05) is 13.6 Å². The van der Waals surface area contributed by atoms with Crippen molar-refractivity contribution >= 4 is 17.6 Å². The fourth-order valence-electron chi connectivity index (χ4n) is 2.70. The van der Waals surface area contributed by atoms with Crippen LogP contribution in [0.2, 0.25) is 5.02 Å². The van der Waals surface area contributed by atoms with Crippen molar-refractivity contribution in [2.24, 2.45) is 0 Å². The van der Waals surface area contributed by atoms with Gasteiger partial charge in [0.05, 0.1) is 17.7 Å². The van der Waals surface area contributed by atoms with Crippen LogP contribution in [-0.2, 0) is 10.3 Å². The predicted octanol–water partition coefficient (Wildman–Crippen LogP) is 2.86. The lowest BCUT2D eigenvalue weighted by atomic mass is 9.83. The van der Waals surface area contributed by atoms with E-state index in [1.165, 1.54) is 7.05 Å². The maximum atomic E-state index is 13.8. The quantitative estimate of drug-likeness (QED) is 0.664. The molecule has 1 unspecified atom stereocenters. The van der Waals surface area contributed by atoms with Gasteiger partial charge in [0.25, 0.3) is 0 Å². The smallest absolute Gasteiger partial charge is 0.412 e. The predicted molar refractivity (Wildman–Crippen MR) is 70.9 cm³/mol. The molecule has 1 aliphatic heterocycles. The Morgan fingerprint density at radius 3 is 2.55 bits per heavy atom. The number of halogens is 5. The van der Waals surface area contributed by atoms with Gasteiger partial charge in [0.1, 0.15) is 5.82 Å². The molecule has 0 amide bonds. The molecule has 22 heavy (non-hydrogen) atoms. The molecule has 1 aromatic rings. The van der Waals surface area contributed by atoms with Gasteiger partial charge in [-0.05, 0) is 18.1 Å². The molecule has 9 heteroatoms. The highest BCUT2D eigenvalue weighted by Crippen LogP contribution is 2.49. The van der Waals surface area contributed by atoms with Gasteiger partial charge in [-0.2, -0.15) is 13.2 Å². The fraction of sp³-hybridized carbons (Fsp3) is 0.462. The highest BCUT2D eigenvalue weighted by Gasteiger charge is 2.62. The van der Waals surface area contributed by atoms with E-state index in [2.05, 4.69) is 10.2 Å². The van der Waals surface area contributed by atoms with E-state index in [4.69, 9.17) is 11.6 Å². The van der Waals surface area contributed by atoms with E-state index in [-0.39, 0.29) is 13.0 Å². The Kier molecular flexibility index (Phi) is 4.38. The summed E-state index contributed by atoms with van der Waals surface area (Å²) < 4.78 is 59.4. The molecule has 1 aromatic carbocycles. The van der Waals surface area contributed by atoms with Crippen LogP contribution >= 0.6 is 11.6 Å². The lowest BCUT2D eigenvalue weighted by Gasteiger charge is -2.38. The van der Waals surface area contributed by atoms with Crippen molar-refractivity contribution < 1.29 is 27.1 Å². The number of nitrogens with one attached hydrogen (secondary N) is 1. The molecule has 1 fully saturated rings. The molecule has 1 atom stereocenters. The van der Waals surface area contributed by atoms with Crippen molar-refractivity contribution in [1.29, 1.82) is 0 Å². The lowest BCUT2D eigenvalue weighted by Crippen LogP contribution is -2.54. The van der Waals surface area contributed by atoms with Crippen molar-refractivity contribution in [2.45, 2.75) is 18.1 Å². The first-order valence-electron chi connectivity index (χ1n) is 6.27. The maximum Gasteiger partial charge on any atom is 0.412 e.